The van der Waals surface area contributed by atoms with Crippen molar-refractivity contribution in [3.8, 4) is 0 Å². The molecule has 22 heavy (non-hydrogen) atoms. The Morgan fingerprint density at radius 1 is 1.18 bits per heavy atom. The van der Waals surface area contributed by atoms with Crippen molar-refractivity contribution in [2.75, 3.05) is 0 Å². The lowest BCUT2D eigenvalue weighted by Crippen LogP contribution is -2.35. The smallest absolute Gasteiger partial charge is 0.289 e. The second kappa shape index (κ2) is 5.72. The highest BCUT2D eigenvalue weighted by atomic mass is 19.4. The summed E-state index contributed by atoms with van der Waals surface area (Å²) in [4.78, 5) is 4.35. The molecular formula is C17H16F3NO. The molecule has 116 valence electrons. The van der Waals surface area contributed by atoms with E-state index in [0.29, 0.717) is 5.56 Å². The third-order valence-corrected chi connectivity index (χ3v) is 3.99. The van der Waals surface area contributed by atoms with Gasteiger partial charge in [-0.1, -0.05) is 42.5 Å². The van der Waals surface area contributed by atoms with E-state index in [2.05, 4.69) is 9.73 Å². The number of aliphatic imine (C=N–C) groups is 1. The highest BCUT2D eigenvalue weighted by molar-refractivity contribution is 5.61. The number of nitrogens with zero attached hydrogens (tertiary/aromatic N) is 1. The summed E-state index contributed by atoms with van der Waals surface area (Å²) in [6.45, 7) is 0. The first-order valence-corrected chi connectivity index (χ1v) is 7.22. The van der Waals surface area contributed by atoms with Crippen LogP contribution in [0.1, 0.15) is 24.8 Å². The van der Waals surface area contributed by atoms with Crippen LogP contribution < -0.4 is 0 Å². The number of ether oxygens (including phenoxy) is 1. The standard InChI is InChI=1S/C17H16F3NO/c18-17(19,20)22-16(14-5-2-1-3-6-14)10-8-13(9-11-16)15-7-4-12-21-15/h1-3,5-6,8-10,12,15H,4,7,11H2. The molecule has 1 aromatic carbocycles. The van der Waals surface area contributed by atoms with Crippen LogP contribution in [-0.4, -0.2) is 18.6 Å². The van der Waals surface area contributed by atoms with Crippen LogP contribution in [0.2, 0.25) is 0 Å². The molecule has 0 bridgehead atoms. The highest BCUT2D eigenvalue weighted by Crippen LogP contribution is 2.41. The van der Waals surface area contributed by atoms with Crippen LogP contribution in [-0.2, 0) is 10.3 Å². The molecule has 1 aliphatic heterocycles. The van der Waals surface area contributed by atoms with Gasteiger partial charge in [-0.25, -0.2) is 0 Å². The molecule has 1 heterocycles. The van der Waals surface area contributed by atoms with E-state index in [-0.39, 0.29) is 12.5 Å². The van der Waals surface area contributed by atoms with E-state index in [9.17, 15) is 13.2 Å². The van der Waals surface area contributed by atoms with Gasteiger partial charge < -0.3 is 0 Å². The lowest BCUT2D eigenvalue weighted by Gasteiger charge is -2.34. The van der Waals surface area contributed by atoms with Crippen molar-refractivity contribution < 1.29 is 17.9 Å². The molecular weight excluding hydrogens is 291 g/mol. The zero-order valence-corrected chi connectivity index (χ0v) is 11.9. The zero-order chi connectivity index (χ0) is 15.6. The highest BCUT2D eigenvalue weighted by Gasteiger charge is 2.43. The summed E-state index contributed by atoms with van der Waals surface area (Å²) in [7, 11) is 0. The fraction of sp³-hybridized carbons (Fsp3) is 0.353. The van der Waals surface area contributed by atoms with Crippen LogP contribution in [0, 0.1) is 0 Å². The first-order valence-electron chi connectivity index (χ1n) is 7.22. The molecule has 0 amide bonds. The van der Waals surface area contributed by atoms with E-state index < -0.39 is 12.0 Å². The van der Waals surface area contributed by atoms with Gasteiger partial charge in [-0.05, 0) is 36.3 Å². The minimum atomic E-state index is -4.70. The molecule has 1 aromatic rings. The Kier molecular flexibility index (Phi) is 3.91. The fourth-order valence-corrected chi connectivity index (χ4v) is 2.92. The maximum atomic E-state index is 12.9. The first-order chi connectivity index (χ1) is 10.5. The van der Waals surface area contributed by atoms with Crippen molar-refractivity contribution >= 4 is 6.21 Å². The molecule has 2 nitrogen and oxygen atoms in total. The Morgan fingerprint density at radius 2 is 1.95 bits per heavy atom. The summed E-state index contributed by atoms with van der Waals surface area (Å²) in [5.41, 5.74) is -0.0365. The molecule has 0 saturated carbocycles. The van der Waals surface area contributed by atoms with Crippen LogP contribution in [0.4, 0.5) is 13.2 Å². The largest absolute Gasteiger partial charge is 0.523 e. The van der Waals surface area contributed by atoms with E-state index in [4.69, 9.17) is 0 Å². The lowest BCUT2D eigenvalue weighted by molar-refractivity contribution is -0.361. The second-order valence-corrected chi connectivity index (χ2v) is 5.47. The first kappa shape index (κ1) is 15.0. The molecule has 2 aliphatic rings. The predicted octanol–water partition coefficient (Wildman–Crippen LogP) is 4.54. The molecule has 2 atom stereocenters. The number of halogens is 3. The SMILES string of the molecule is FC(F)(F)OC1(c2ccccc2)C=CC(C2CCC=N2)=CC1. The predicted molar refractivity (Wildman–Crippen MR) is 78.6 cm³/mol. The minimum Gasteiger partial charge on any atom is -0.289 e. The van der Waals surface area contributed by atoms with Crippen LogP contribution in [0.5, 0.6) is 0 Å². The maximum Gasteiger partial charge on any atom is 0.523 e. The summed E-state index contributed by atoms with van der Waals surface area (Å²) in [5, 5.41) is 0. The molecule has 0 radical (unpaired) electrons. The Morgan fingerprint density at radius 3 is 2.50 bits per heavy atom. The molecule has 2 unspecified atom stereocenters. The van der Waals surface area contributed by atoms with Gasteiger partial charge in [-0.2, -0.15) is 0 Å². The maximum absolute atomic E-state index is 12.9. The number of benzene rings is 1. The van der Waals surface area contributed by atoms with Crippen molar-refractivity contribution in [3.63, 3.8) is 0 Å². The van der Waals surface area contributed by atoms with Gasteiger partial charge in [-0.3, -0.25) is 9.73 Å². The molecule has 1 aliphatic carbocycles. The van der Waals surface area contributed by atoms with Crippen LogP contribution in [0.3, 0.4) is 0 Å². The second-order valence-electron chi connectivity index (χ2n) is 5.47. The molecule has 0 fully saturated rings. The Labute approximate surface area is 127 Å². The third kappa shape index (κ3) is 3.14. The lowest BCUT2D eigenvalue weighted by atomic mass is 9.83. The topological polar surface area (TPSA) is 21.6 Å². The zero-order valence-electron chi connectivity index (χ0n) is 11.9. The molecule has 0 N–H and O–H groups in total. The number of alkyl halides is 3. The molecule has 3 rings (SSSR count). The third-order valence-electron chi connectivity index (χ3n) is 3.99. The number of hydrogen-bond donors (Lipinski definition) is 0. The molecule has 0 spiro atoms. The minimum absolute atomic E-state index is 0.0657. The van der Waals surface area contributed by atoms with Gasteiger partial charge in [0.05, 0.1) is 6.04 Å². The quantitative estimate of drug-likeness (QED) is 0.803. The van der Waals surface area contributed by atoms with E-state index in [1.807, 2.05) is 12.3 Å². The van der Waals surface area contributed by atoms with Crippen LogP contribution in [0.25, 0.3) is 0 Å². The van der Waals surface area contributed by atoms with Crippen molar-refractivity contribution in [3.05, 3.63) is 59.7 Å². The van der Waals surface area contributed by atoms with E-state index in [1.54, 1.807) is 36.4 Å². The van der Waals surface area contributed by atoms with Crippen molar-refractivity contribution in [1.29, 1.82) is 0 Å². The fourth-order valence-electron chi connectivity index (χ4n) is 2.92. The molecule has 0 saturated heterocycles. The summed E-state index contributed by atoms with van der Waals surface area (Å²) in [6, 6.07) is 8.57. The van der Waals surface area contributed by atoms with Gasteiger partial charge in [0.25, 0.3) is 0 Å². The van der Waals surface area contributed by atoms with Crippen molar-refractivity contribution in [2.24, 2.45) is 4.99 Å². The van der Waals surface area contributed by atoms with E-state index in [1.165, 1.54) is 6.08 Å². The summed E-state index contributed by atoms with van der Waals surface area (Å²) >= 11 is 0. The van der Waals surface area contributed by atoms with Crippen LogP contribution >= 0.6 is 0 Å². The average Bonchev–Trinajstić information content (AvgIpc) is 3.01. The average molecular weight is 307 g/mol. The number of hydrogen-bond acceptors (Lipinski definition) is 2. The molecule has 0 aromatic heterocycles. The van der Waals surface area contributed by atoms with Crippen molar-refractivity contribution in [2.45, 2.75) is 37.3 Å². The van der Waals surface area contributed by atoms with Gasteiger partial charge in [0, 0.05) is 6.42 Å². The van der Waals surface area contributed by atoms with Gasteiger partial charge in [-0.15, -0.1) is 13.2 Å². The Bertz CT molecular complexity index is 619. The van der Waals surface area contributed by atoms with E-state index in [0.717, 1.165) is 18.4 Å². The number of rotatable bonds is 3. The summed E-state index contributed by atoms with van der Waals surface area (Å²) < 4.78 is 43.1. The van der Waals surface area contributed by atoms with Gasteiger partial charge in [0.15, 0.2) is 0 Å². The van der Waals surface area contributed by atoms with Crippen molar-refractivity contribution in [1.82, 2.24) is 0 Å². The summed E-state index contributed by atoms with van der Waals surface area (Å²) in [6.07, 6.45) is 4.18. The molecule has 5 heteroatoms. The van der Waals surface area contributed by atoms with Gasteiger partial charge in [0.1, 0.15) is 5.60 Å². The van der Waals surface area contributed by atoms with Crippen LogP contribution in [0.15, 0.2) is 59.1 Å². The van der Waals surface area contributed by atoms with E-state index >= 15 is 0 Å². The Balaban J connectivity index is 1.90. The normalized spacial score (nSPS) is 28.0. The Hall–Kier alpha value is -1.88. The summed E-state index contributed by atoms with van der Waals surface area (Å²) in [5.74, 6) is 0. The van der Waals surface area contributed by atoms with Gasteiger partial charge in [0.2, 0.25) is 0 Å². The van der Waals surface area contributed by atoms with Gasteiger partial charge >= 0.3 is 6.36 Å². The monoisotopic (exact) mass is 307 g/mol.